The van der Waals surface area contributed by atoms with Crippen molar-refractivity contribution >= 4 is 0 Å². The molecule has 1 aliphatic rings. The van der Waals surface area contributed by atoms with E-state index in [1.165, 1.54) is 11.1 Å². The molecule has 0 saturated carbocycles. The van der Waals surface area contributed by atoms with Gasteiger partial charge in [0.1, 0.15) is 5.76 Å². The van der Waals surface area contributed by atoms with Gasteiger partial charge in [-0.25, -0.2) is 4.98 Å². The van der Waals surface area contributed by atoms with Crippen molar-refractivity contribution < 1.29 is 4.42 Å². The number of nitrogens with one attached hydrogen (secondary N) is 1. The van der Waals surface area contributed by atoms with Crippen LogP contribution in [0.4, 0.5) is 0 Å². The molecule has 20 heavy (non-hydrogen) atoms. The van der Waals surface area contributed by atoms with E-state index >= 15 is 0 Å². The fourth-order valence-electron chi connectivity index (χ4n) is 3.16. The van der Waals surface area contributed by atoms with Gasteiger partial charge in [0.2, 0.25) is 5.89 Å². The standard InChI is InChI=1S/C17H22N2O/c1-4-13-10-18-15(20-13)11-19-16-14-8-6-5-7-12(14)9-17(16,2)3/h5-8,10,16,19H,4,9,11H2,1-3H3. The smallest absolute Gasteiger partial charge is 0.208 e. The molecule has 1 N–H and O–H groups in total. The van der Waals surface area contributed by atoms with Gasteiger partial charge in [0, 0.05) is 12.5 Å². The molecule has 1 aromatic carbocycles. The lowest BCUT2D eigenvalue weighted by Crippen LogP contribution is -2.30. The summed E-state index contributed by atoms with van der Waals surface area (Å²) >= 11 is 0. The van der Waals surface area contributed by atoms with E-state index in [4.69, 9.17) is 4.42 Å². The molecule has 1 unspecified atom stereocenters. The van der Waals surface area contributed by atoms with Gasteiger partial charge >= 0.3 is 0 Å². The summed E-state index contributed by atoms with van der Waals surface area (Å²) in [4.78, 5) is 4.32. The van der Waals surface area contributed by atoms with Crippen LogP contribution in [0.3, 0.4) is 0 Å². The van der Waals surface area contributed by atoms with E-state index in [0.717, 1.165) is 24.5 Å². The fraction of sp³-hybridized carbons (Fsp3) is 0.471. The summed E-state index contributed by atoms with van der Waals surface area (Å²) in [5.74, 6) is 1.73. The second-order valence-electron chi connectivity index (χ2n) is 6.25. The topological polar surface area (TPSA) is 38.1 Å². The largest absolute Gasteiger partial charge is 0.444 e. The Labute approximate surface area is 120 Å². The highest BCUT2D eigenvalue weighted by Gasteiger charge is 2.38. The number of aryl methyl sites for hydroxylation is 1. The SMILES string of the molecule is CCc1cnc(CNC2c3ccccc3CC2(C)C)o1. The Hall–Kier alpha value is -1.61. The van der Waals surface area contributed by atoms with Gasteiger partial charge in [0.05, 0.1) is 12.7 Å². The Morgan fingerprint density at radius 2 is 2.15 bits per heavy atom. The molecule has 3 rings (SSSR count). The number of benzene rings is 1. The first-order valence-corrected chi connectivity index (χ1v) is 7.35. The molecule has 1 aliphatic carbocycles. The van der Waals surface area contributed by atoms with E-state index in [0.29, 0.717) is 12.6 Å². The van der Waals surface area contributed by atoms with Gasteiger partial charge in [-0.15, -0.1) is 0 Å². The summed E-state index contributed by atoms with van der Waals surface area (Å²) in [6.07, 6.45) is 3.84. The van der Waals surface area contributed by atoms with Crippen molar-refractivity contribution in [1.29, 1.82) is 0 Å². The van der Waals surface area contributed by atoms with E-state index < -0.39 is 0 Å². The number of fused-ring (bicyclic) bond motifs is 1. The zero-order valence-corrected chi connectivity index (χ0v) is 12.4. The van der Waals surface area contributed by atoms with E-state index in [1.807, 2.05) is 6.20 Å². The maximum Gasteiger partial charge on any atom is 0.208 e. The maximum absolute atomic E-state index is 5.68. The molecule has 0 radical (unpaired) electrons. The van der Waals surface area contributed by atoms with E-state index in [-0.39, 0.29) is 5.41 Å². The van der Waals surface area contributed by atoms with Gasteiger partial charge in [-0.2, -0.15) is 0 Å². The van der Waals surface area contributed by atoms with Crippen LogP contribution in [0.1, 0.15) is 49.6 Å². The third-order valence-corrected chi connectivity index (χ3v) is 4.20. The first kappa shape index (κ1) is 13.4. The number of nitrogens with zero attached hydrogens (tertiary/aromatic N) is 1. The summed E-state index contributed by atoms with van der Waals surface area (Å²) in [6, 6.07) is 9.07. The first-order valence-electron chi connectivity index (χ1n) is 7.35. The highest BCUT2D eigenvalue weighted by Crippen LogP contribution is 2.45. The molecular formula is C17H22N2O. The van der Waals surface area contributed by atoms with E-state index in [9.17, 15) is 0 Å². The lowest BCUT2D eigenvalue weighted by molar-refractivity contribution is 0.260. The highest BCUT2D eigenvalue weighted by molar-refractivity contribution is 5.37. The Morgan fingerprint density at radius 3 is 2.90 bits per heavy atom. The monoisotopic (exact) mass is 270 g/mol. The molecule has 3 nitrogen and oxygen atoms in total. The fourth-order valence-corrected chi connectivity index (χ4v) is 3.16. The van der Waals surface area contributed by atoms with Gasteiger partial charge in [0.15, 0.2) is 0 Å². The molecule has 0 bridgehead atoms. The third-order valence-electron chi connectivity index (χ3n) is 4.20. The van der Waals surface area contributed by atoms with E-state index in [1.54, 1.807) is 0 Å². The zero-order chi connectivity index (χ0) is 14.2. The summed E-state index contributed by atoms with van der Waals surface area (Å²) in [7, 11) is 0. The van der Waals surface area contributed by atoms with Crippen molar-refractivity contribution in [2.75, 3.05) is 0 Å². The van der Waals surface area contributed by atoms with Crippen LogP contribution < -0.4 is 5.32 Å². The Morgan fingerprint density at radius 1 is 1.35 bits per heavy atom. The first-order chi connectivity index (χ1) is 9.60. The normalized spacial score (nSPS) is 20.1. The Kier molecular flexibility index (Phi) is 3.38. The van der Waals surface area contributed by atoms with Crippen LogP contribution in [-0.2, 0) is 19.4 Å². The van der Waals surface area contributed by atoms with Crippen molar-refractivity contribution in [3.05, 3.63) is 53.2 Å². The van der Waals surface area contributed by atoms with Crippen LogP contribution in [0.5, 0.6) is 0 Å². The highest BCUT2D eigenvalue weighted by atomic mass is 16.4. The predicted octanol–water partition coefficient (Wildman–Crippen LogP) is 3.65. The predicted molar refractivity (Wildman–Crippen MR) is 79.4 cm³/mol. The minimum atomic E-state index is 0.226. The molecule has 1 atom stereocenters. The lowest BCUT2D eigenvalue weighted by atomic mass is 9.85. The molecule has 2 aromatic rings. The molecule has 0 amide bonds. The molecule has 3 heteroatoms. The second-order valence-corrected chi connectivity index (χ2v) is 6.25. The number of oxazole rings is 1. The molecule has 0 aliphatic heterocycles. The molecular weight excluding hydrogens is 248 g/mol. The lowest BCUT2D eigenvalue weighted by Gasteiger charge is -2.28. The zero-order valence-electron chi connectivity index (χ0n) is 12.4. The van der Waals surface area contributed by atoms with Crippen molar-refractivity contribution in [2.45, 2.75) is 46.2 Å². The number of aromatic nitrogens is 1. The van der Waals surface area contributed by atoms with Crippen LogP contribution in [0.25, 0.3) is 0 Å². The Balaban J connectivity index is 1.76. The molecule has 0 fully saturated rings. The molecule has 0 saturated heterocycles. The summed E-state index contributed by atoms with van der Waals surface area (Å²) in [5, 5.41) is 3.63. The summed E-state index contributed by atoms with van der Waals surface area (Å²) < 4.78 is 5.68. The van der Waals surface area contributed by atoms with Gasteiger partial charge in [0.25, 0.3) is 0 Å². The number of rotatable bonds is 4. The van der Waals surface area contributed by atoms with E-state index in [2.05, 4.69) is 55.3 Å². The average Bonchev–Trinajstić information content (AvgIpc) is 2.97. The summed E-state index contributed by atoms with van der Waals surface area (Å²) in [5.41, 5.74) is 3.10. The van der Waals surface area contributed by atoms with Crippen molar-refractivity contribution in [1.82, 2.24) is 10.3 Å². The van der Waals surface area contributed by atoms with Gasteiger partial charge in [-0.3, -0.25) is 0 Å². The van der Waals surface area contributed by atoms with Crippen molar-refractivity contribution in [2.24, 2.45) is 5.41 Å². The third kappa shape index (κ3) is 2.38. The second kappa shape index (κ2) is 5.06. The average molecular weight is 270 g/mol. The van der Waals surface area contributed by atoms with Gasteiger partial charge in [-0.1, -0.05) is 45.0 Å². The molecule has 0 spiro atoms. The minimum Gasteiger partial charge on any atom is -0.444 e. The van der Waals surface area contributed by atoms with Crippen LogP contribution in [0.15, 0.2) is 34.9 Å². The molecule has 1 aromatic heterocycles. The van der Waals surface area contributed by atoms with Gasteiger partial charge < -0.3 is 9.73 Å². The van der Waals surface area contributed by atoms with Crippen LogP contribution in [0, 0.1) is 5.41 Å². The van der Waals surface area contributed by atoms with Crippen LogP contribution in [-0.4, -0.2) is 4.98 Å². The Bertz CT molecular complexity index is 601. The number of hydrogen-bond acceptors (Lipinski definition) is 3. The molecule has 1 heterocycles. The minimum absolute atomic E-state index is 0.226. The van der Waals surface area contributed by atoms with Gasteiger partial charge in [-0.05, 0) is 23.0 Å². The summed E-state index contributed by atoms with van der Waals surface area (Å²) in [6.45, 7) is 7.39. The van der Waals surface area contributed by atoms with Crippen molar-refractivity contribution in [3.8, 4) is 0 Å². The molecule has 106 valence electrons. The van der Waals surface area contributed by atoms with Crippen LogP contribution >= 0.6 is 0 Å². The quantitative estimate of drug-likeness (QED) is 0.921. The maximum atomic E-state index is 5.68. The van der Waals surface area contributed by atoms with Crippen LogP contribution in [0.2, 0.25) is 0 Å². The number of hydrogen-bond donors (Lipinski definition) is 1. The van der Waals surface area contributed by atoms with Crippen molar-refractivity contribution in [3.63, 3.8) is 0 Å².